The number of hydrogen-bond acceptors (Lipinski definition) is 2. The molecule has 2 rings (SSSR count). The van der Waals surface area contributed by atoms with Crippen LogP contribution in [0.3, 0.4) is 0 Å². The maximum atomic E-state index is 6.03. The van der Waals surface area contributed by atoms with Crippen molar-refractivity contribution in [3.63, 3.8) is 0 Å². The molecule has 122 valence electrons. The van der Waals surface area contributed by atoms with Gasteiger partial charge in [-0.05, 0) is 42.7 Å². The second kappa shape index (κ2) is 8.53. The molecule has 1 aromatic heterocycles. The summed E-state index contributed by atoms with van der Waals surface area (Å²) in [5.74, 6) is 0.866. The quantitative estimate of drug-likeness (QED) is 0.675. The summed E-state index contributed by atoms with van der Waals surface area (Å²) >= 11 is 6.03. The van der Waals surface area contributed by atoms with E-state index in [1.807, 2.05) is 44.4 Å². The van der Waals surface area contributed by atoms with E-state index in [-0.39, 0.29) is 0 Å². The molecule has 23 heavy (non-hydrogen) atoms. The molecule has 0 fully saturated rings. The van der Waals surface area contributed by atoms with Gasteiger partial charge in [0.05, 0.1) is 0 Å². The fourth-order valence-electron chi connectivity index (χ4n) is 2.33. The van der Waals surface area contributed by atoms with Crippen molar-refractivity contribution in [3.8, 4) is 0 Å². The van der Waals surface area contributed by atoms with Crippen molar-refractivity contribution in [2.24, 2.45) is 4.99 Å². The van der Waals surface area contributed by atoms with Crippen LogP contribution >= 0.6 is 11.6 Å². The Morgan fingerprint density at radius 3 is 2.74 bits per heavy atom. The molecule has 1 aromatic carbocycles. The Labute approximate surface area is 143 Å². The fraction of sp³-hybridized carbons (Fsp3) is 0.333. The summed E-state index contributed by atoms with van der Waals surface area (Å²) in [6.45, 7) is 3.57. The summed E-state index contributed by atoms with van der Waals surface area (Å²) in [5.41, 5.74) is 3.42. The van der Waals surface area contributed by atoms with E-state index in [2.05, 4.69) is 32.3 Å². The molecule has 0 atom stereocenters. The third-order valence-electron chi connectivity index (χ3n) is 3.55. The Hall–Kier alpha value is -2.07. The van der Waals surface area contributed by atoms with Crippen molar-refractivity contribution in [1.29, 1.82) is 0 Å². The maximum absolute atomic E-state index is 6.03. The molecule has 4 nitrogen and oxygen atoms in total. The Kier molecular flexibility index (Phi) is 6.41. The van der Waals surface area contributed by atoms with Gasteiger partial charge in [-0.2, -0.15) is 0 Å². The molecule has 0 amide bonds. The van der Waals surface area contributed by atoms with Crippen LogP contribution in [0.1, 0.15) is 16.8 Å². The second-order valence-electron chi connectivity index (χ2n) is 5.52. The molecule has 0 bridgehead atoms. The minimum Gasteiger partial charge on any atom is -0.356 e. The zero-order chi connectivity index (χ0) is 16.7. The molecule has 0 aliphatic heterocycles. The van der Waals surface area contributed by atoms with Crippen LogP contribution < -0.4 is 5.32 Å². The SMILES string of the molecule is CN=C(NCCc1ccc(C)nc1)N(C)Cc1cccc(Cl)c1. The van der Waals surface area contributed by atoms with E-state index in [4.69, 9.17) is 11.6 Å². The van der Waals surface area contributed by atoms with Crippen molar-refractivity contribution < 1.29 is 0 Å². The number of nitrogens with one attached hydrogen (secondary N) is 1. The molecular weight excluding hydrogens is 308 g/mol. The fourth-order valence-corrected chi connectivity index (χ4v) is 2.55. The van der Waals surface area contributed by atoms with Gasteiger partial charge in [-0.25, -0.2) is 0 Å². The van der Waals surface area contributed by atoms with Gasteiger partial charge in [0.1, 0.15) is 0 Å². The normalized spacial score (nSPS) is 11.4. The summed E-state index contributed by atoms with van der Waals surface area (Å²) in [6, 6.07) is 12.0. The average molecular weight is 331 g/mol. The van der Waals surface area contributed by atoms with E-state index in [9.17, 15) is 0 Å². The van der Waals surface area contributed by atoms with Gasteiger partial charge in [0.25, 0.3) is 0 Å². The van der Waals surface area contributed by atoms with E-state index in [0.717, 1.165) is 41.7 Å². The second-order valence-corrected chi connectivity index (χ2v) is 5.95. The molecule has 2 aromatic rings. The number of hydrogen-bond donors (Lipinski definition) is 1. The van der Waals surface area contributed by atoms with Crippen LogP contribution in [-0.2, 0) is 13.0 Å². The number of pyridine rings is 1. The van der Waals surface area contributed by atoms with E-state index in [1.54, 1.807) is 7.05 Å². The molecule has 0 saturated heterocycles. The summed E-state index contributed by atoms with van der Waals surface area (Å²) in [5, 5.41) is 4.14. The van der Waals surface area contributed by atoms with Gasteiger partial charge in [-0.15, -0.1) is 0 Å². The number of aryl methyl sites for hydroxylation is 1. The lowest BCUT2D eigenvalue weighted by atomic mass is 10.2. The zero-order valence-electron chi connectivity index (χ0n) is 13.9. The van der Waals surface area contributed by atoms with Gasteiger partial charge >= 0.3 is 0 Å². The van der Waals surface area contributed by atoms with Gasteiger partial charge in [-0.1, -0.05) is 29.8 Å². The van der Waals surface area contributed by atoms with Gasteiger partial charge in [0, 0.05) is 44.1 Å². The van der Waals surface area contributed by atoms with Crippen LogP contribution in [0, 0.1) is 6.92 Å². The highest BCUT2D eigenvalue weighted by Crippen LogP contribution is 2.12. The van der Waals surface area contributed by atoms with Gasteiger partial charge in [-0.3, -0.25) is 9.98 Å². The summed E-state index contributed by atoms with van der Waals surface area (Å²) in [4.78, 5) is 10.7. The first-order chi connectivity index (χ1) is 11.1. The first kappa shape index (κ1) is 17.3. The Balaban J connectivity index is 1.85. The minimum absolute atomic E-state index is 0.755. The topological polar surface area (TPSA) is 40.5 Å². The van der Waals surface area contributed by atoms with Crippen LogP contribution in [0.4, 0.5) is 0 Å². The molecule has 1 heterocycles. The first-order valence-corrected chi connectivity index (χ1v) is 8.04. The highest BCUT2D eigenvalue weighted by atomic mass is 35.5. The van der Waals surface area contributed by atoms with Gasteiger partial charge in [0.2, 0.25) is 0 Å². The van der Waals surface area contributed by atoms with Crippen molar-refractivity contribution in [2.75, 3.05) is 20.6 Å². The Morgan fingerprint density at radius 1 is 1.26 bits per heavy atom. The zero-order valence-corrected chi connectivity index (χ0v) is 14.6. The lowest BCUT2D eigenvalue weighted by molar-refractivity contribution is 0.477. The standard InChI is InChI=1S/C18H23ClN4/c1-14-7-8-15(12-22-14)9-10-21-18(20-2)23(3)13-16-5-4-6-17(19)11-16/h4-8,11-12H,9-10,13H2,1-3H3,(H,20,21). The number of benzene rings is 1. The van der Waals surface area contributed by atoms with Crippen molar-refractivity contribution in [2.45, 2.75) is 19.9 Å². The maximum Gasteiger partial charge on any atom is 0.193 e. The van der Waals surface area contributed by atoms with E-state index in [1.165, 1.54) is 5.56 Å². The number of guanidine groups is 1. The monoisotopic (exact) mass is 330 g/mol. The Morgan fingerprint density at radius 2 is 2.09 bits per heavy atom. The number of rotatable bonds is 5. The van der Waals surface area contributed by atoms with Gasteiger partial charge in [0.15, 0.2) is 5.96 Å². The number of aliphatic imine (C=N–C) groups is 1. The number of nitrogens with zero attached hydrogens (tertiary/aromatic N) is 3. The van der Waals surface area contributed by atoms with Crippen LogP contribution in [-0.4, -0.2) is 36.5 Å². The minimum atomic E-state index is 0.755. The molecular formula is C18H23ClN4. The van der Waals surface area contributed by atoms with Crippen LogP contribution in [0.25, 0.3) is 0 Å². The van der Waals surface area contributed by atoms with E-state index in [0.29, 0.717) is 0 Å². The summed E-state index contributed by atoms with van der Waals surface area (Å²) in [6.07, 6.45) is 2.84. The average Bonchev–Trinajstić information content (AvgIpc) is 2.53. The number of halogens is 1. The highest BCUT2D eigenvalue weighted by Gasteiger charge is 2.06. The molecule has 0 saturated carbocycles. The highest BCUT2D eigenvalue weighted by molar-refractivity contribution is 6.30. The van der Waals surface area contributed by atoms with Crippen molar-refractivity contribution >= 4 is 17.6 Å². The van der Waals surface area contributed by atoms with E-state index >= 15 is 0 Å². The molecule has 0 aliphatic carbocycles. The Bertz CT molecular complexity index is 652. The molecule has 0 unspecified atom stereocenters. The molecule has 0 radical (unpaired) electrons. The number of aromatic nitrogens is 1. The predicted molar refractivity (Wildman–Crippen MR) is 97.0 cm³/mol. The third kappa shape index (κ3) is 5.57. The van der Waals surface area contributed by atoms with Gasteiger partial charge < -0.3 is 10.2 Å². The summed E-state index contributed by atoms with van der Waals surface area (Å²) < 4.78 is 0. The lowest BCUT2D eigenvalue weighted by Crippen LogP contribution is -2.39. The van der Waals surface area contributed by atoms with E-state index < -0.39 is 0 Å². The molecule has 0 spiro atoms. The van der Waals surface area contributed by atoms with Crippen LogP contribution in [0.5, 0.6) is 0 Å². The lowest BCUT2D eigenvalue weighted by Gasteiger charge is -2.22. The van der Waals surface area contributed by atoms with Crippen LogP contribution in [0.2, 0.25) is 5.02 Å². The first-order valence-electron chi connectivity index (χ1n) is 7.66. The largest absolute Gasteiger partial charge is 0.356 e. The predicted octanol–water partition coefficient (Wildman–Crippen LogP) is 3.29. The smallest absolute Gasteiger partial charge is 0.193 e. The molecule has 1 N–H and O–H groups in total. The van der Waals surface area contributed by atoms with Crippen molar-refractivity contribution in [3.05, 3.63) is 64.4 Å². The van der Waals surface area contributed by atoms with Crippen LogP contribution in [0.15, 0.2) is 47.6 Å². The van der Waals surface area contributed by atoms with Crippen molar-refractivity contribution in [1.82, 2.24) is 15.2 Å². The molecule has 5 heteroatoms. The molecule has 0 aliphatic rings. The summed E-state index contributed by atoms with van der Waals surface area (Å²) in [7, 11) is 3.81. The third-order valence-corrected chi connectivity index (χ3v) is 3.79.